The minimum atomic E-state index is -0.709. The molecule has 7 heteroatoms. The van der Waals surface area contributed by atoms with Crippen LogP contribution in [-0.2, 0) is 19.1 Å². The molecular formula is C23H21Cl2NO4. The van der Waals surface area contributed by atoms with E-state index < -0.39 is 17.9 Å². The number of esters is 2. The van der Waals surface area contributed by atoms with E-state index in [1.165, 1.54) is 14.2 Å². The van der Waals surface area contributed by atoms with Crippen molar-refractivity contribution in [3.8, 4) is 0 Å². The first-order valence-electron chi connectivity index (χ1n) is 9.24. The van der Waals surface area contributed by atoms with Gasteiger partial charge in [-0.2, -0.15) is 0 Å². The van der Waals surface area contributed by atoms with Crippen LogP contribution < -0.4 is 0 Å². The minimum Gasteiger partial charge on any atom is -0.466 e. The highest BCUT2D eigenvalue weighted by Crippen LogP contribution is 2.40. The Morgan fingerprint density at radius 2 is 1.47 bits per heavy atom. The monoisotopic (exact) mass is 445 g/mol. The van der Waals surface area contributed by atoms with Crippen LogP contribution in [0.15, 0.2) is 72.1 Å². The molecular weight excluding hydrogens is 425 g/mol. The van der Waals surface area contributed by atoms with Crippen molar-refractivity contribution >= 4 is 35.1 Å². The quantitative estimate of drug-likeness (QED) is 0.586. The lowest BCUT2D eigenvalue weighted by molar-refractivity contribution is -0.137. The molecule has 1 heterocycles. The van der Waals surface area contributed by atoms with E-state index in [1.807, 2.05) is 42.2 Å². The standard InChI is InChI=1S/C23H21Cl2NO4/c1-14(15-7-5-4-6-8-15)26-12-17(22(27)29-2)21(18(13-26)23(28)30-3)16-9-10-19(24)20(25)11-16/h4-14,21H,1-3H3/t14-/m0/s1. The van der Waals surface area contributed by atoms with E-state index in [1.54, 1.807) is 30.6 Å². The van der Waals surface area contributed by atoms with Crippen molar-refractivity contribution in [3.05, 3.63) is 93.2 Å². The van der Waals surface area contributed by atoms with E-state index in [0.29, 0.717) is 26.8 Å². The summed E-state index contributed by atoms with van der Waals surface area (Å²) < 4.78 is 10.0. The Bertz CT molecular complexity index is 983. The molecule has 0 aliphatic carbocycles. The molecule has 2 aromatic rings. The second kappa shape index (κ2) is 9.37. The van der Waals surface area contributed by atoms with Crippen LogP contribution in [0.4, 0.5) is 0 Å². The van der Waals surface area contributed by atoms with Gasteiger partial charge in [-0.05, 0) is 30.2 Å². The smallest absolute Gasteiger partial charge is 0.336 e. The number of hydrogen-bond donors (Lipinski definition) is 0. The second-order valence-electron chi connectivity index (χ2n) is 6.79. The van der Waals surface area contributed by atoms with Gasteiger partial charge in [-0.1, -0.05) is 59.6 Å². The van der Waals surface area contributed by atoms with Crippen molar-refractivity contribution in [2.24, 2.45) is 0 Å². The van der Waals surface area contributed by atoms with Crippen molar-refractivity contribution in [1.29, 1.82) is 0 Å². The summed E-state index contributed by atoms with van der Waals surface area (Å²) in [4.78, 5) is 27.2. The fraction of sp³-hybridized carbons (Fsp3) is 0.217. The predicted octanol–water partition coefficient (Wildman–Crippen LogP) is 5.27. The van der Waals surface area contributed by atoms with Gasteiger partial charge in [-0.3, -0.25) is 0 Å². The number of rotatable bonds is 5. The fourth-order valence-electron chi connectivity index (χ4n) is 3.43. The van der Waals surface area contributed by atoms with E-state index in [-0.39, 0.29) is 6.04 Å². The molecule has 1 aliphatic heterocycles. The number of hydrogen-bond acceptors (Lipinski definition) is 5. The molecule has 0 aromatic heterocycles. The Morgan fingerprint density at radius 3 is 1.97 bits per heavy atom. The van der Waals surface area contributed by atoms with Gasteiger partial charge in [-0.25, -0.2) is 9.59 Å². The molecule has 3 rings (SSSR count). The zero-order valence-corrected chi connectivity index (χ0v) is 18.3. The third kappa shape index (κ3) is 4.37. The molecule has 0 fully saturated rings. The van der Waals surface area contributed by atoms with Crippen molar-refractivity contribution in [1.82, 2.24) is 4.90 Å². The molecule has 0 spiro atoms. The highest BCUT2D eigenvalue weighted by molar-refractivity contribution is 6.42. The topological polar surface area (TPSA) is 55.8 Å². The molecule has 0 saturated heterocycles. The normalized spacial score (nSPS) is 15.2. The molecule has 0 bridgehead atoms. The summed E-state index contributed by atoms with van der Waals surface area (Å²) in [5.41, 5.74) is 2.24. The Balaban J connectivity index is 2.15. The van der Waals surface area contributed by atoms with Crippen LogP contribution in [0.25, 0.3) is 0 Å². The third-order valence-corrected chi connectivity index (χ3v) is 5.79. The lowest BCUT2D eigenvalue weighted by atomic mass is 9.83. The summed E-state index contributed by atoms with van der Waals surface area (Å²) >= 11 is 12.3. The van der Waals surface area contributed by atoms with Crippen LogP contribution in [0.5, 0.6) is 0 Å². The first-order chi connectivity index (χ1) is 14.4. The zero-order chi connectivity index (χ0) is 21.8. The van der Waals surface area contributed by atoms with Crippen LogP contribution >= 0.6 is 23.2 Å². The highest BCUT2D eigenvalue weighted by atomic mass is 35.5. The number of carbonyl (C=O) groups excluding carboxylic acids is 2. The van der Waals surface area contributed by atoms with Gasteiger partial charge >= 0.3 is 11.9 Å². The van der Waals surface area contributed by atoms with Gasteiger partial charge in [0.2, 0.25) is 0 Å². The maximum absolute atomic E-state index is 12.7. The number of ether oxygens (including phenoxy) is 2. The summed E-state index contributed by atoms with van der Waals surface area (Å²) in [5, 5.41) is 0.699. The maximum atomic E-state index is 12.7. The molecule has 30 heavy (non-hydrogen) atoms. The van der Waals surface area contributed by atoms with Gasteiger partial charge < -0.3 is 14.4 Å². The summed E-state index contributed by atoms with van der Waals surface area (Å²) in [6, 6.07) is 14.6. The largest absolute Gasteiger partial charge is 0.466 e. The molecule has 0 saturated carbocycles. The van der Waals surface area contributed by atoms with Crippen LogP contribution in [0.2, 0.25) is 10.0 Å². The van der Waals surface area contributed by atoms with Crippen LogP contribution in [-0.4, -0.2) is 31.1 Å². The first kappa shape index (κ1) is 21.9. The Kier molecular flexibility index (Phi) is 6.85. The first-order valence-corrected chi connectivity index (χ1v) is 10.00. The van der Waals surface area contributed by atoms with Gasteiger partial charge in [-0.15, -0.1) is 0 Å². The van der Waals surface area contributed by atoms with Gasteiger partial charge in [0.1, 0.15) is 0 Å². The van der Waals surface area contributed by atoms with Crippen molar-refractivity contribution in [2.75, 3.05) is 14.2 Å². The molecule has 0 amide bonds. The lowest BCUT2D eigenvalue weighted by Gasteiger charge is -2.33. The van der Waals surface area contributed by atoms with Crippen LogP contribution in [0.3, 0.4) is 0 Å². The predicted molar refractivity (Wildman–Crippen MR) is 116 cm³/mol. The van der Waals surface area contributed by atoms with Crippen molar-refractivity contribution in [3.63, 3.8) is 0 Å². The van der Waals surface area contributed by atoms with Gasteiger partial charge in [0.25, 0.3) is 0 Å². The third-order valence-electron chi connectivity index (χ3n) is 5.05. The summed E-state index contributed by atoms with van der Waals surface area (Å²) in [6.45, 7) is 1.98. The molecule has 5 nitrogen and oxygen atoms in total. The molecule has 0 radical (unpaired) electrons. The number of halogens is 2. The molecule has 0 unspecified atom stereocenters. The molecule has 1 aliphatic rings. The average Bonchev–Trinajstić information content (AvgIpc) is 2.79. The van der Waals surface area contributed by atoms with Crippen LogP contribution in [0.1, 0.15) is 30.0 Å². The SMILES string of the molecule is COC(=O)C1=CN([C@@H](C)c2ccccc2)C=C(C(=O)OC)C1c1ccc(Cl)c(Cl)c1. The number of carbonyl (C=O) groups is 2. The van der Waals surface area contributed by atoms with Gasteiger partial charge in [0, 0.05) is 12.4 Å². The summed E-state index contributed by atoms with van der Waals surface area (Å²) in [6.07, 6.45) is 3.40. The second-order valence-corrected chi connectivity index (χ2v) is 7.61. The molecule has 0 N–H and O–H groups in total. The van der Waals surface area contributed by atoms with E-state index in [2.05, 4.69) is 0 Å². The van der Waals surface area contributed by atoms with Crippen molar-refractivity contribution < 1.29 is 19.1 Å². The van der Waals surface area contributed by atoms with Crippen LogP contribution in [0, 0.1) is 0 Å². The van der Waals surface area contributed by atoms with E-state index in [9.17, 15) is 9.59 Å². The van der Waals surface area contributed by atoms with Gasteiger partial charge in [0.05, 0.1) is 47.4 Å². The Hall–Kier alpha value is -2.76. The van der Waals surface area contributed by atoms with Crippen molar-refractivity contribution in [2.45, 2.75) is 18.9 Å². The number of benzene rings is 2. The molecule has 156 valence electrons. The number of methoxy groups -OCH3 is 2. The summed E-state index contributed by atoms with van der Waals surface area (Å²) in [5.74, 6) is -1.81. The fourth-order valence-corrected chi connectivity index (χ4v) is 3.74. The number of nitrogens with zero attached hydrogens (tertiary/aromatic N) is 1. The highest BCUT2D eigenvalue weighted by Gasteiger charge is 2.36. The minimum absolute atomic E-state index is 0.139. The lowest BCUT2D eigenvalue weighted by Crippen LogP contribution is -2.30. The van der Waals surface area contributed by atoms with E-state index in [0.717, 1.165) is 5.56 Å². The molecule has 1 atom stereocenters. The maximum Gasteiger partial charge on any atom is 0.336 e. The van der Waals surface area contributed by atoms with E-state index >= 15 is 0 Å². The van der Waals surface area contributed by atoms with Gasteiger partial charge in [0.15, 0.2) is 0 Å². The summed E-state index contributed by atoms with van der Waals surface area (Å²) in [7, 11) is 2.60. The average molecular weight is 446 g/mol. The Morgan fingerprint density at radius 1 is 0.900 bits per heavy atom. The zero-order valence-electron chi connectivity index (χ0n) is 16.8. The van der Waals surface area contributed by atoms with E-state index in [4.69, 9.17) is 32.7 Å². The Labute approximate surface area is 185 Å². The molecule has 2 aromatic carbocycles.